The number of nitrogens with one attached hydrogen (secondary N) is 2. The summed E-state index contributed by atoms with van der Waals surface area (Å²) in [6.45, 7) is 5.06. The van der Waals surface area contributed by atoms with Crippen LogP contribution in [-0.4, -0.2) is 19.1 Å². The number of hydrogen-bond acceptors (Lipinski definition) is 3. The normalized spacial score (nSPS) is 10.2. The van der Waals surface area contributed by atoms with E-state index < -0.39 is 0 Å². The first kappa shape index (κ1) is 16.9. The minimum Gasteiger partial charge on any atom is -0.494 e. The molecule has 23 heavy (non-hydrogen) atoms. The zero-order valence-electron chi connectivity index (χ0n) is 13.8. The standard InChI is InChI=1S/C19H24N2O2/c1-3-4-11-23-18-10-6-8-16(13-18)20-14-19(22)21-17-9-5-7-15(2)12-17/h5-10,12-13,20H,3-4,11,14H2,1-2H3,(H,21,22). The van der Waals surface area contributed by atoms with Crippen molar-refractivity contribution < 1.29 is 9.53 Å². The highest BCUT2D eigenvalue weighted by Crippen LogP contribution is 2.17. The Hall–Kier alpha value is -2.49. The summed E-state index contributed by atoms with van der Waals surface area (Å²) in [6.07, 6.45) is 2.15. The Morgan fingerprint density at radius 1 is 1.09 bits per heavy atom. The Labute approximate surface area is 137 Å². The van der Waals surface area contributed by atoms with Gasteiger partial charge in [0.2, 0.25) is 5.91 Å². The van der Waals surface area contributed by atoms with Gasteiger partial charge in [-0.1, -0.05) is 31.5 Å². The van der Waals surface area contributed by atoms with E-state index in [1.807, 2.05) is 55.5 Å². The number of amides is 1. The number of ether oxygens (including phenoxy) is 1. The Kier molecular flexibility index (Phi) is 6.48. The number of carbonyl (C=O) groups excluding carboxylic acids is 1. The summed E-state index contributed by atoms with van der Waals surface area (Å²) in [5.41, 5.74) is 2.81. The lowest BCUT2D eigenvalue weighted by molar-refractivity contribution is -0.114. The molecule has 2 rings (SSSR count). The molecule has 0 aromatic heterocycles. The zero-order chi connectivity index (χ0) is 16.5. The van der Waals surface area contributed by atoms with Crippen molar-refractivity contribution in [3.05, 3.63) is 54.1 Å². The lowest BCUT2D eigenvalue weighted by Crippen LogP contribution is -2.21. The van der Waals surface area contributed by atoms with E-state index in [1.165, 1.54) is 0 Å². The van der Waals surface area contributed by atoms with Crippen LogP contribution in [0.25, 0.3) is 0 Å². The molecule has 0 aliphatic heterocycles. The summed E-state index contributed by atoms with van der Waals surface area (Å²) in [6, 6.07) is 15.4. The van der Waals surface area contributed by atoms with Crippen LogP contribution in [0.15, 0.2) is 48.5 Å². The number of rotatable bonds is 8. The van der Waals surface area contributed by atoms with Gasteiger partial charge < -0.3 is 15.4 Å². The van der Waals surface area contributed by atoms with E-state index in [4.69, 9.17) is 4.74 Å². The highest BCUT2D eigenvalue weighted by molar-refractivity contribution is 5.93. The van der Waals surface area contributed by atoms with Crippen LogP contribution >= 0.6 is 0 Å². The second-order valence-corrected chi connectivity index (χ2v) is 5.50. The van der Waals surface area contributed by atoms with E-state index in [0.29, 0.717) is 6.61 Å². The SMILES string of the molecule is CCCCOc1cccc(NCC(=O)Nc2cccc(C)c2)c1. The fourth-order valence-corrected chi connectivity index (χ4v) is 2.14. The van der Waals surface area contributed by atoms with Crippen LogP contribution in [0, 0.1) is 6.92 Å². The zero-order valence-corrected chi connectivity index (χ0v) is 13.8. The third-order valence-corrected chi connectivity index (χ3v) is 3.36. The summed E-state index contributed by atoms with van der Waals surface area (Å²) < 4.78 is 5.66. The highest BCUT2D eigenvalue weighted by atomic mass is 16.5. The fraction of sp³-hybridized carbons (Fsp3) is 0.316. The van der Waals surface area contributed by atoms with Gasteiger partial charge in [-0.05, 0) is 43.2 Å². The molecular weight excluding hydrogens is 288 g/mol. The molecule has 0 radical (unpaired) electrons. The fourth-order valence-electron chi connectivity index (χ4n) is 2.14. The maximum atomic E-state index is 12.0. The van der Waals surface area contributed by atoms with Crippen molar-refractivity contribution in [1.82, 2.24) is 0 Å². The lowest BCUT2D eigenvalue weighted by atomic mass is 10.2. The van der Waals surface area contributed by atoms with Crippen LogP contribution in [0.5, 0.6) is 5.75 Å². The third kappa shape index (κ3) is 6.02. The van der Waals surface area contributed by atoms with Crippen molar-refractivity contribution in [2.75, 3.05) is 23.8 Å². The molecule has 0 atom stereocenters. The summed E-state index contributed by atoms with van der Waals surface area (Å²) >= 11 is 0. The van der Waals surface area contributed by atoms with Gasteiger partial charge in [-0.15, -0.1) is 0 Å². The van der Waals surface area contributed by atoms with Crippen LogP contribution in [-0.2, 0) is 4.79 Å². The van der Waals surface area contributed by atoms with Crippen LogP contribution in [0.2, 0.25) is 0 Å². The van der Waals surface area contributed by atoms with Crippen molar-refractivity contribution in [2.45, 2.75) is 26.7 Å². The molecule has 2 aromatic carbocycles. The number of benzene rings is 2. The third-order valence-electron chi connectivity index (χ3n) is 3.36. The predicted molar refractivity (Wildman–Crippen MR) is 95.1 cm³/mol. The van der Waals surface area contributed by atoms with E-state index in [9.17, 15) is 4.79 Å². The molecule has 2 N–H and O–H groups in total. The van der Waals surface area contributed by atoms with Crippen molar-refractivity contribution in [3.8, 4) is 5.75 Å². The summed E-state index contributed by atoms with van der Waals surface area (Å²) in [5.74, 6) is 0.746. The Morgan fingerprint density at radius 3 is 2.65 bits per heavy atom. The molecule has 2 aromatic rings. The minimum atomic E-state index is -0.0760. The minimum absolute atomic E-state index is 0.0760. The van der Waals surface area contributed by atoms with Crippen molar-refractivity contribution in [2.24, 2.45) is 0 Å². The van der Waals surface area contributed by atoms with Gasteiger partial charge in [0.15, 0.2) is 0 Å². The van der Waals surface area contributed by atoms with Crippen molar-refractivity contribution >= 4 is 17.3 Å². The van der Waals surface area contributed by atoms with E-state index >= 15 is 0 Å². The molecule has 0 aliphatic carbocycles. The second-order valence-electron chi connectivity index (χ2n) is 5.50. The van der Waals surface area contributed by atoms with Gasteiger partial charge in [-0.25, -0.2) is 0 Å². The van der Waals surface area contributed by atoms with Gasteiger partial charge in [0.05, 0.1) is 13.2 Å². The molecule has 0 fully saturated rings. The van der Waals surface area contributed by atoms with E-state index in [1.54, 1.807) is 0 Å². The van der Waals surface area contributed by atoms with Crippen LogP contribution in [0.1, 0.15) is 25.3 Å². The maximum absolute atomic E-state index is 12.0. The molecular formula is C19H24N2O2. The maximum Gasteiger partial charge on any atom is 0.243 e. The van der Waals surface area contributed by atoms with E-state index in [2.05, 4.69) is 17.6 Å². The summed E-state index contributed by atoms with van der Waals surface area (Å²) in [4.78, 5) is 12.0. The molecule has 0 bridgehead atoms. The smallest absolute Gasteiger partial charge is 0.243 e. The Bertz CT molecular complexity index is 641. The quantitative estimate of drug-likeness (QED) is 0.717. The molecule has 0 spiro atoms. The Morgan fingerprint density at radius 2 is 1.87 bits per heavy atom. The average Bonchev–Trinajstić information content (AvgIpc) is 2.54. The number of aryl methyl sites for hydroxylation is 1. The van der Waals surface area contributed by atoms with Crippen LogP contribution in [0.3, 0.4) is 0 Å². The average molecular weight is 312 g/mol. The predicted octanol–water partition coefficient (Wildman–Crippen LogP) is 4.22. The molecule has 0 saturated heterocycles. The van der Waals surface area contributed by atoms with Gasteiger partial charge in [0, 0.05) is 17.4 Å². The number of carbonyl (C=O) groups is 1. The van der Waals surface area contributed by atoms with Crippen LogP contribution in [0.4, 0.5) is 11.4 Å². The van der Waals surface area contributed by atoms with E-state index in [-0.39, 0.29) is 12.5 Å². The molecule has 4 nitrogen and oxygen atoms in total. The van der Waals surface area contributed by atoms with E-state index in [0.717, 1.165) is 35.5 Å². The van der Waals surface area contributed by atoms with Crippen molar-refractivity contribution in [1.29, 1.82) is 0 Å². The monoisotopic (exact) mass is 312 g/mol. The number of hydrogen-bond donors (Lipinski definition) is 2. The van der Waals surface area contributed by atoms with Crippen LogP contribution < -0.4 is 15.4 Å². The number of unbranched alkanes of at least 4 members (excludes halogenated alkanes) is 1. The molecule has 0 aliphatic rings. The first-order valence-corrected chi connectivity index (χ1v) is 8.00. The van der Waals surface area contributed by atoms with Gasteiger partial charge >= 0.3 is 0 Å². The first-order valence-electron chi connectivity index (χ1n) is 8.00. The Balaban J connectivity index is 1.83. The molecule has 0 heterocycles. The first-order chi connectivity index (χ1) is 11.2. The molecule has 122 valence electrons. The number of anilines is 2. The summed E-state index contributed by atoms with van der Waals surface area (Å²) in [7, 11) is 0. The van der Waals surface area contributed by atoms with Crippen molar-refractivity contribution in [3.63, 3.8) is 0 Å². The molecule has 4 heteroatoms. The lowest BCUT2D eigenvalue weighted by Gasteiger charge is -2.10. The molecule has 0 unspecified atom stereocenters. The topological polar surface area (TPSA) is 50.4 Å². The summed E-state index contributed by atoms with van der Waals surface area (Å²) in [5, 5.41) is 5.99. The van der Waals surface area contributed by atoms with Gasteiger partial charge in [0.25, 0.3) is 0 Å². The highest BCUT2D eigenvalue weighted by Gasteiger charge is 2.03. The largest absolute Gasteiger partial charge is 0.494 e. The van der Waals surface area contributed by atoms with Gasteiger partial charge in [0.1, 0.15) is 5.75 Å². The molecule has 1 amide bonds. The second kappa shape index (κ2) is 8.83. The molecule has 0 saturated carbocycles. The van der Waals surface area contributed by atoms with Gasteiger partial charge in [-0.2, -0.15) is 0 Å². The van der Waals surface area contributed by atoms with Gasteiger partial charge in [-0.3, -0.25) is 4.79 Å².